The minimum atomic E-state index is -4.32. The molecular weight excluding hydrogens is 361 g/mol. The Balaban J connectivity index is 1.86. The maximum atomic E-state index is 12.1. The van der Waals surface area contributed by atoms with E-state index in [0.29, 0.717) is 35.9 Å². The zero-order chi connectivity index (χ0) is 19.9. The van der Waals surface area contributed by atoms with Crippen LogP contribution in [-0.2, 0) is 22.7 Å². The molecule has 1 aromatic heterocycles. The van der Waals surface area contributed by atoms with Crippen molar-refractivity contribution in [2.75, 3.05) is 17.2 Å². The second kappa shape index (κ2) is 9.31. The number of benzene rings is 1. The van der Waals surface area contributed by atoms with Gasteiger partial charge < -0.3 is 15.4 Å². The topological polar surface area (TPSA) is 76.1 Å². The van der Waals surface area contributed by atoms with Gasteiger partial charge in [0.15, 0.2) is 5.82 Å². The lowest BCUT2D eigenvalue weighted by Crippen LogP contribution is -2.16. The fourth-order valence-electron chi connectivity index (χ4n) is 2.17. The van der Waals surface area contributed by atoms with Crippen LogP contribution in [0.3, 0.4) is 0 Å². The van der Waals surface area contributed by atoms with Crippen molar-refractivity contribution in [2.45, 2.75) is 39.6 Å². The van der Waals surface area contributed by atoms with Gasteiger partial charge in [0.05, 0.1) is 18.5 Å². The van der Waals surface area contributed by atoms with Gasteiger partial charge in [-0.1, -0.05) is 31.2 Å². The molecule has 1 heterocycles. The molecule has 9 heteroatoms. The molecule has 27 heavy (non-hydrogen) atoms. The van der Waals surface area contributed by atoms with E-state index in [0.717, 1.165) is 5.56 Å². The van der Waals surface area contributed by atoms with Crippen molar-refractivity contribution in [3.05, 3.63) is 47.3 Å². The Bertz CT molecular complexity index is 764. The molecule has 0 saturated carbocycles. The molecule has 0 atom stereocenters. The second-order valence-corrected chi connectivity index (χ2v) is 5.87. The normalized spacial score (nSPS) is 11.3. The number of hydrogen-bond donors (Lipinski definition) is 2. The van der Waals surface area contributed by atoms with Crippen LogP contribution < -0.4 is 10.6 Å². The average molecular weight is 382 g/mol. The molecule has 146 valence electrons. The minimum absolute atomic E-state index is 0.0945. The lowest BCUT2D eigenvalue weighted by atomic mass is 10.1. The summed E-state index contributed by atoms with van der Waals surface area (Å²) < 4.78 is 40.8. The summed E-state index contributed by atoms with van der Waals surface area (Å²) in [6, 6.07) is 7.04. The highest BCUT2D eigenvalue weighted by molar-refractivity contribution is 5.89. The van der Waals surface area contributed by atoms with Crippen molar-refractivity contribution >= 4 is 17.5 Å². The van der Waals surface area contributed by atoms with Crippen LogP contribution in [0.5, 0.6) is 0 Å². The van der Waals surface area contributed by atoms with Crippen LogP contribution in [0.2, 0.25) is 0 Å². The number of halogens is 3. The zero-order valence-electron chi connectivity index (χ0n) is 15.1. The molecule has 0 aliphatic heterocycles. The average Bonchev–Trinajstić information content (AvgIpc) is 2.61. The molecule has 0 saturated heterocycles. The van der Waals surface area contributed by atoms with Crippen molar-refractivity contribution in [2.24, 2.45) is 0 Å². The van der Waals surface area contributed by atoms with Gasteiger partial charge in [0.25, 0.3) is 0 Å². The van der Waals surface area contributed by atoms with E-state index in [1.54, 1.807) is 38.1 Å². The molecule has 0 radical (unpaired) electrons. The summed E-state index contributed by atoms with van der Waals surface area (Å²) in [5, 5.41) is 5.78. The molecule has 2 rings (SSSR count). The van der Waals surface area contributed by atoms with Crippen molar-refractivity contribution in [3.8, 4) is 0 Å². The smallest absolute Gasteiger partial charge is 0.367 e. The molecule has 0 aliphatic rings. The lowest BCUT2D eigenvalue weighted by molar-refractivity contribution is -0.176. The van der Waals surface area contributed by atoms with Crippen LogP contribution in [0.4, 0.5) is 24.8 Å². The molecule has 0 fully saturated rings. The predicted octanol–water partition coefficient (Wildman–Crippen LogP) is 3.82. The molecule has 6 nitrogen and oxygen atoms in total. The Morgan fingerprint density at radius 1 is 1.19 bits per heavy atom. The molecule has 0 aliphatic carbocycles. The third kappa shape index (κ3) is 7.22. The maximum absolute atomic E-state index is 12.1. The van der Waals surface area contributed by atoms with E-state index in [2.05, 4.69) is 25.3 Å². The predicted molar refractivity (Wildman–Crippen MR) is 95.2 cm³/mol. The van der Waals surface area contributed by atoms with E-state index in [-0.39, 0.29) is 12.5 Å². The van der Waals surface area contributed by atoms with Gasteiger partial charge in [-0.3, -0.25) is 4.79 Å². The van der Waals surface area contributed by atoms with Gasteiger partial charge in [-0.2, -0.15) is 13.2 Å². The largest absolute Gasteiger partial charge is 0.411 e. The van der Waals surface area contributed by atoms with Gasteiger partial charge in [0.1, 0.15) is 12.4 Å². The van der Waals surface area contributed by atoms with E-state index in [1.807, 2.05) is 0 Å². The maximum Gasteiger partial charge on any atom is 0.411 e. The van der Waals surface area contributed by atoms with Crippen molar-refractivity contribution < 1.29 is 22.7 Å². The first-order chi connectivity index (χ1) is 12.8. The summed E-state index contributed by atoms with van der Waals surface area (Å²) in [7, 11) is 0. The lowest BCUT2D eigenvalue weighted by Gasteiger charge is -2.11. The number of nitrogens with zero attached hydrogens (tertiary/aromatic N) is 2. The number of amides is 1. The van der Waals surface area contributed by atoms with E-state index < -0.39 is 12.8 Å². The summed E-state index contributed by atoms with van der Waals surface area (Å²) in [6.45, 7) is 2.64. The Kier molecular flexibility index (Phi) is 7.12. The number of aryl methyl sites for hydroxylation is 1. The Labute approximate surface area is 155 Å². The number of hydrogen-bond acceptors (Lipinski definition) is 5. The van der Waals surface area contributed by atoms with Crippen LogP contribution in [-0.4, -0.2) is 28.7 Å². The Morgan fingerprint density at radius 3 is 2.44 bits per heavy atom. The van der Waals surface area contributed by atoms with Gasteiger partial charge in [-0.15, -0.1) is 0 Å². The highest BCUT2D eigenvalue weighted by Crippen LogP contribution is 2.16. The number of carbonyl (C=O) groups is 1. The third-order valence-electron chi connectivity index (χ3n) is 3.55. The summed E-state index contributed by atoms with van der Waals surface area (Å²) >= 11 is 0. The zero-order valence-corrected chi connectivity index (χ0v) is 15.1. The summed E-state index contributed by atoms with van der Waals surface area (Å²) in [5.41, 5.74) is 2.23. The van der Waals surface area contributed by atoms with Gasteiger partial charge in [-0.05, 0) is 18.1 Å². The highest BCUT2D eigenvalue weighted by Gasteiger charge is 2.27. The number of anilines is 2. The number of carbonyl (C=O) groups excluding carboxylic acids is 1. The first-order valence-electron chi connectivity index (χ1n) is 8.36. The molecule has 2 N–H and O–H groups in total. The van der Waals surface area contributed by atoms with Gasteiger partial charge in [0, 0.05) is 13.0 Å². The minimum Gasteiger partial charge on any atom is -0.367 e. The molecule has 0 spiro atoms. The molecule has 2 aromatic rings. The molecule has 0 bridgehead atoms. The van der Waals surface area contributed by atoms with Crippen LogP contribution in [0, 0.1) is 6.92 Å². The van der Waals surface area contributed by atoms with Gasteiger partial charge >= 0.3 is 6.18 Å². The van der Waals surface area contributed by atoms with E-state index in [4.69, 9.17) is 0 Å². The SMILES string of the molecule is CCC(=O)Nc1cnc(NCc2ccc(COCC(F)(F)F)cc2)c(C)n1. The number of aromatic nitrogens is 2. The van der Waals surface area contributed by atoms with Crippen molar-refractivity contribution in [3.63, 3.8) is 0 Å². The molecular formula is C18H21F3N4O2. The van der Waals surface area contributed by atoms with Crippen molar-refractivity contribution in [1.82, 2.24) is 9.97 Å². The Hall–Kier alpha value is -2.68. The fourth-order valence-corrected chi connectivity index (χ4v) is 2.17. The monoisotopic (exact) mass is 382 g/mol. The van der Waals surface area contributed by atoms with Gasteiger partial charge in [0.2, 0.25) is 5.91 Å². The fraction of sp³-hybridized carbons (Fsp3) is 0.389. The number of nitrogens with one attached hydrogen (secondary N) is 2. The van der Waals surface area contributed by atoms with Crippen LogP contribution in [0.1, 0.15) is 30.2 Å². The molecule has 0 unspecified atom stereocenters. The van der Waals surface area contributed by atoms with Crippen LogP contribution >= 0.6 is 0 Å². The molecule has 1 aromatic carbocycles. The van der Waals surface area contributed by atoms with Crippen LogP contribution in [0.25, 0.3) is 0 Å². The van der Waals surface area contributed by atoms with E-state index in [1.165, 1.54) is 6.20 Å². The first kappa shape index (κ1) is 20.6. The summed E-state index contributed by atoms with van der Waals surface area (Å²) in [6.07, 6.45) is -2.49. The quantitative estimate of drug-likeness (QED) is 0.726. The standard InChI is InChI=1S/C18H21F3N4O2/c1-3-16(26)25-15-9-23-17(12(2)24-15)22-8-13-4-6-14(7-5-13)10-27-11-18(19,20)21/h4-7,9H,3,8,10-11H2,1-2H3,(H,22,23)(H,24,25,26). The van der Waals surface area contributed by atoms with E-state index >= 15 is 0 Å². The summed E-state index contributed by atoms with van der Waals surface area (Å²) in [5.74, 6) is 0.846. The third-order valence-corrected chi connectivity index (χ3v) is 3.55. The summed E-state index contributed by atoms with van der Waals surface area (Å²) in [4.78, 5) is 19.9. The van der Waals surface area contributed by atoms with E-state index in [9.17, 15) is 18.0 Å². The molecule has 1 amide bonds. The van der Waals surface area contributed by atoms with Crippen LogP contribution in [0.15, 0.2) is 30.5 Å². The number of alkyl halides is 3. The Morgan fingerprint density at radius 2 is 1.85 bits per heavy atom. The number of rotatable bonds is 8. The number of ether oxygens (including phenoxy) is 1. The highest BCUT2D eigenvalue weighted by atomic mass is 19.4. The van der Waals surface area contributed by atoms with Gasteiger partial charge in [-0.25, -0.2) is 9.97 Å². The van der Waals surface area contributed by atoms with Crippen molar-refractivity contribution in [1.29, 1.82) is 0 Å². The second-order valence-electron chi connectivity index (χ2n) is 5.87. The first-order valence-corrected chi connectivity index (χ1v) is 8.36.